The predicted molar refractivity (Wildman–Crippen MR) is 135 cm³/mol. The van der Waals surface area contributed by atoms with Gasteiger partial charge in [0, 0.05) is 57.1 Å². The summed E-state index contributed by atoms with van der Waals surface area (Å²) in [6, 6.07) is 6.11. The van der Waals surface area contributed by atoms with Crippen molar-refractivity contribution in [2.24, 2.45) is 0 Å². The van der Waals surface area contributed by atoms with Crippen molar-refractivity contribution in [2.45, 2.75) is 58.3 Å². The standard InChI is InChI=1S/C28H34FN5O2/c1-6-36-25-11-24(31-13-23(25)29)18(2)34-16-22-10-20(14-33-8-7-30-19(33)3)9-21(15-32(4)5)27(22)28(17-34)12-26(28)35/h7-11,13,18H,6,12,14-17H2,1-5H3/t18?,28-/m0/s1. The first kappa shape index (κ1) is 24.6. The van der Waals surface area contributed by atoms with Crippen LogP contribution in [-0.4, -0.2) is 57.4 Å². The summed E-state index contributed by atoms with van der Waals surface area (Å²) in [4.78, 5) is 26.2. The van der Waals surface area contributed by atoms with E-state index >= 15 is 0 Å². The molecule has 1 aliphatic carbocycles. The molecule has 2 aliphatic rings. The quantitative estimate of drug-likeness (QED) is 0.474. The molecule has 190 valence electrons. The van der Waals surface area contributed by atoms with Crippen LogP contribution in [0.2, 0.25) is 0 Å². The molecule has 5 rings (SSSR count). The maximum Gasteiger partial charge on any atom is 0.183 e. The second-order valence-electron chi connectivity index (χ2n) is 10.4. The third-order valence-corrected chi connectivity index (χ3v) is 7.44. The summed E-state index contributed by atoms with van der Waals surface area (Å²) in [5.41, 5.74) is 5.09. The Bertz CT molecular complexity index is 1300. The van der Waals surface area contributed by atoms with Crippen molar-refractivity contribution < 1.29 is 13.9 Å². The third kappa shape index (κ3) is 4.44. The van der Waals surface area contributed by atoms with E-state index < -0.39 is 11.2 Å². The zero-order chi connectivity index (χ0) is 25.6. The van der Waals surface area contributed by atoms with Gasteiger partial charge < -0.3 is 14.2 Å². The average molecular weight is 492 g/mol. The van der Waals surface area contributed by atoms with E-state index in [-0.39, 0.29) is 11.8 Å². The van der Waals surface area contributed by atoms with E-state index in [4.69, 9.17) is 4.74 Å². The largest absolute Gasteiger partial charge is 0.491 e. The molecule has 2 atom stereocenters. The van der Waals surface area contributed by atoms with E-state index in [9.17, 15) is 9.18 Å². The van der Waals surface area contributed by atoms with Crippen molar-refractivity contribution in [2.75, 3.05) is 27.2 Å². The van der Waals surface area contributed by atoms with Gasteiger partial charge in [0.2, 0.25) is 0 Å². The van der Waals surface area contributed by atoms with Gasteiger partial charge in [0.25, 0.3) is 0 Å². The minimum atomic E-state index is -0.473. The molecule has 1 spiro atoms. The van der Waals surface area contributed by atoms with Crippen LogP contribution in [0.5, 0.6) is 5.75 Å². The molecule has 1 saturated carbocycles. The number of ether oxygens (including phenoxy) is 1. The number of carbonyl (C=O) groups excluding carboxylic acids is 1. The van der Waals surface area contributed by atoms with Gasteiger partial charge in [-0.2, -0.15) is 0 Å². The lowest BCUT2D eigenvalue weighted by Gasteiger charge is -2.39. The van der Waals surface area contributed by atoms with Crippen molar-refractivity contribution in [3.8, 4) is 5.75 Å². The maximum absolute atomic E-state index is 14.2. The zero-order valence-corrected chi connectivity index (χ0v) is 21.7. The van der Waals surface area contributed by atoms with Gasteiger partial charge in [-0.1, -0.05) is 12.1 Å². The van der Waals surface area contributed by atoms with Crippen LogP contribution in [0.15, 0.2) is 36.8 Å². The monoisotopic (exact) mass is 491 g/mol. The minimum Gasteiger partial charge on any atom is -0.491 e. The van der Waals surface area contributed by atoms with Crippen molar-refractivity contribution in [3.63, 3.8) is 0 Å². The molecule has 1 fully saturated rings. The van der Waals surface area contributed by atoms with Crippen LogP contribution in [0, 0.1) is 12.7 Å². The molecule has 7 nitrogen and oxygen atoms in total. The summed E-state index contributed by atoms with van der Waals surface area (Å²) in [5, 5.41) is 0. The first-order chi connectivity index (χ1) is 17.2. The van der Waals surface area contributed by atoms with Crippen molar-refractivity contribution in [1.82, 2.24) is 24.3 Å². The van der Waals surface area contributed by atoms with Crippen molar-refractivity contribution in [3.05, 3.63) is 76.4 Å². The molecular weight excluding hydrogens is 457 g/mol. The van der Waals surface area contributed by atoms with E-state index in [0.717, 1.165) is 24.6 Å². The van der Waals surface area contributed by atoms with Gasteiger partial charge in [-0.15, -0.1) is 0 Å². The average Bonchev–Trinajstić information content (AvgIpc) is 3.26. The maximum atomic E-state index is 14.2. The number of fused-ring (bicyclic) bond motifs is 2. The van der Waals surface area contributed by atoms with E-state index in [0.29, 0.717) is 31.9 Å². The number of halogens is 1. The highest BCUT2D eigenvalue weighted by Crippen LogP contribution is 2.52. The summed E-state index contributed by atoms with van der Waals surface area (Å²) < 4.78 is 21.8. The fourth-order valence-electron chi connectivity index (χ4n) is 5.60. The highest BCUT2D eigenvalue weighted by Gasteiger charge is 2.59. The second-order valence-corrected chi connectivity index (χ2v) is 10.4. The van der Waals surface area contributed by atoms with Gasteiger partial charge in [-0.25, -0.2) is 9.37 Å². The van der Waals surface area contributed by atoms with Gasteiger partial charge >= 0.3 is 0 Å². The number of aromatic nitrogens is 3. The Hall–Kier alpha value is -3.10. The molecule has 3 aromatic rings. The number of pyridine rings is 1. The third-order valence-electron chi connectivity index (χ3n) is 7.44. The summed E-state index contributed by atoms with van der Waals surface area (Å²) in [6.07, 6.45) is 5.61. The fraction of sp³-hybridized carbons (Fsp3) is 0.464. The molecule has 1 aromatic carbocycles. The summed E-state index contributed by atoms with van der Waals surface area (Å²) in [7, 11) is 4.13. The van der Waals surface area contributed by atoms with Crippen LogP contribution in [-0.2, 0) is 29.8 Å². The number of nitrogens with zero attached hydrogens (tertiary/aromatic N) is 5. The molecule has 36 heavy (non-hydrogen) atoms. The number of hydrogen-bond donors (Lipinski definition) is 0. The Morgan fingerprint density at radius 3 is 2.67 bits per heavy atom. The van der Waals surface area contributed by atoms with Gasteiger partial charge in [0.15, 0.2) is 11.6 Å². The summed E-state index contributed by atoms with van der Waals surface area (Å²) in [6.45, 7) is 9.15. The van der Waals surface area contributed by atoms with Crippen LogP contribution < -0.4 is 4.74 Å². The topological polar surface area (TPSA) is 63.5 Å². The van der Waals surface area contributed by atoms with Crippen LogP contribution in [0.1, 0.15) is 60.1 Å². The highest BCUT2D eigenvalue weighted by molar-refractivity contribution is 6.07. The Balaban J connectivity index is 1.54. The first-order valence-corrected chi connectivity index (χ1v) is 12.5. The number of benzene rings is 1. The van der Waals surface area contributed by atoms with E-state index in [1.165, 1.54) is 28.5 Å². The normalized spacial score (nSPS) is 20.1. The lowest BCUT2D eigenvalue weighted by molar-refractivity contribution is -0.112. The van der Waals surface area contributed by atoms with Crippen LogP contribution in [0.3, 0.4) is 0 Å². The van der Waals surface area contributed by atoms with Gasteiger partial charge in [0.05, 0.1) is 23.9 Å². The Kier molecular flexibility index (Phi) is 6.43. The molecule has 0 amide bonds. The number of imidazole rings is 1. The van der Waals surface area contributed by atoms with Crippen LogP contribution in [0.25, 0.3) is 0 Å². The first-order valence-electron chi connectivity index (χ1n) is 12.5. The van der Waals surface area contributed by atoms with Crippen molar-refractivity contribution in [1.29, 1.82) is 0 Å². The second kappa shape index (κ2) is 9.41. The molecule has 1 unspecified atom stereocenters. The number of Topliss-reactive ketones (excluding diaryl/α,β-unsaturated/α-hetero) is 1. The predicted octanol–water partition coefficient (Wildman–Crippen LogP) is 4.02. The minimum absolute atomic E-state index is 0.0971. The number of aryl methyl sites for hydroxylation is 1. The number of carbonyl (C=O) groups is 1. The number of rotatable bonds is 8. The SMILES string of the molecule is CCOc1cc(C(C)N2Cc3cc(Cn4ccnc4C)cc(CN(C)C)c3[C@@]3(CC3=O)C2)ncc1F. The van der Waals surface area contributed by atoms with Gasteiger partial charge in [-0.3, -0.25) is 14.7 Å². The summed E-state index contributed by atoms with van der Waals surface area (Å²) in [5.74, 6) is 1.02. The van der Waals surface area contributed by atoms with E-state index in [2.05, 4.69) is 57.5 Å². The van der Waals surface area contributed by atoms with Crippen LogP contribution >= 0.6 is 0 Å². The summed E-state index contributed by atoms with van der Waals surface area (Å²) >= 11 is 0. The van der Waals surface area contributed by atoms with Gasteiger partial charge in [-0.05, 0) is 57.1 Å². The molecule has 1 aliphatic heterocycles. The zero-order valence-electron chi connectivity index (χ0n) is 21.7. The molecule has 0 radical (unpaired) electrons. The smallest absolute Gasteiger partial charge is 0.183 e. The molecule has 0 N–H and O–H groups in total. The Morgan fingerprint density at radius 1 is 1.25 bits per heavy atom. The highest BCUT2D eigenvalue weighted by atomic mass is 19.1. The lowest BCUT2D eigenvalue weighted by Crippen LogP contribution is -2.41. The van der Waals surface area contributed by atoms with Gasteiger partial charge in [0.1, 0.15) is 11.6 Å². The molecule has 0 saturated heterocycles. The molecule has 8 heteroatoms. The number of ketones is 1. The molecular formula is C28H34FN5O2. The molecule has 3 heterocycles. The number of hydrogen-bond acceptors (Lipinski definition) is 6. The molecule has 0 bridgehead atoms. The Morgan fingerprint density at radius 2 is 2.03 bits per heavy atom. The fourth-order valence-corrected chi connectivity index (χ4v) is 5.60. The van der Waals surface area contributed by atoms with Crippen molar-refractivity contribution >= 4 is 5.78 Å². The lowest BCUT2D eigenvalue weighted by atomic mass is 9.81. The van der Waals surface area contributed by atoms with E-state index in [1.807, 2.05) is 26.2 Å². The van der Waals surface area contributed by atoms with E-state index in [1.54, 1.807) is 6.07 Å². The Labute approximate surface area is 211 Å². The molecule has 2 aromatic heterocycles. The van der Waals surface area contributed by atoms with Crippen LogP contribution in [0.4, 0.5) is 4.39 Å².